The topological polar surface area (TPSA) is 79.5 Å². The zero-order chi connectivity index (χ0) is 23.1. The Morgan fingerprint density at radius 1 is 1.09 bits per heavy atom. The molecule has 0 amide bonds. The minimum absolute atomic E-state index is 0.153. The van der Waals surface area contributed by atoms with Crippen LogP contribution >= 0.6 is 27.5 Å². The largest absolute Gasteiger partial charge is 0.490 e. The molecule has 0 aromatic heterocycles. The quantitative estimate of drug-likeness (QED) is 0.264. The lowest BCUT2D eigenvalue weighted by atomic mass is 10.0. The van der Waals surface area contributed by atoms with Crippen LogP contribution in [0.5, 0.6) is 11.5 Å². The van der Waals surface area contributed by atoms with Crippen LogP contribution in [-0.2, 0) is 6.61 Å². The van der Waals surface area contributed by atoms with Gasteiger partial charge < -0.3 is 14.6 Å². The lowest BCUT2D eigenvalue weighted by molar-refractivity contribution is 0.0697. The van der Waals surface area contributed by atoms with Gasteiger partial charge in [0.1, 0.15) is 6.61 Å². The van der Waals surface area contributed by atoms with Crippen molar-refractivity contribution in [3.05, 3.63) is 92.4 Å². The molecule has 162 valence electrons. The number of ether oxygens (including phenoxy) is 2. The van der Waals surface area contributed by atoms with Crippen molar-refractivity contribution in [2.75, 3.05) is 6.61 Å². The van der Waals surface area contributed by atoms with Crippen LogP contribution in [0.2, 0.25) is 5.02 Å². The number of hydrogen-bond donors (Lipinski definition) is 1. The van der Waals surface area contributed by atoms with Gasteiger partial charge in [-0.2, -0.15) is 5.26 Å². The van der Waals surface area contributed by atoms with Gasteiger partial charge in [-0.05, 0) is 66.1 Å². The van der Waals surface area contributed by atoms with Gasteiger partial charge in [0.05, 0.1) is 28.8 Å². The number of nitriles is 1. The lowest BCUT2D eigenvalue weighted by Gasteiger charge is -2.15. The van der Waals surface area contributed by atoms with E-state index in [1.54, 1.807) is 30.3 Å². The Morgan fingerprint density at radius 2 is 1.75 bits per heavy atom. The predicted molar refractivity (Wildman–Crippen MR) is 128 cm³/mol. The molecule has 32 heavy (non-hydrogen) atoms. The first-order valence-corrected chi connectivity index (χ1v) is 10.9. The normalized spacial score (nSPS) is 11.0. The van der Waals surface area contributed by atoms with E-state index in [1.807, 2.05) is 31.2 Å². The monoisotopic (exact) mass is 511 g/mol. The number of halogens is 2. The first-order chi connectivity index (χ1) is 15.4. The van der Waals surface area contributed by atoms with Gasteiger partial charge in [-0.15, -0.1) is 0 Å². The summed E-state index contributed by atoms with van der Waals surface area (Å²) in [6, 6.07) is 19.5. The van der Waals surface area contributed by atoms with Crippen LogP contribution < -0.4 is 9.47 Å². The number of carboxylic acids is 1. The number of allylic oxidation sites excluding steroid dienone is 1. The fraction of sp³-hybridized carbons (Fsp3) is 0.120. The van der Waals surface area contributed by atoms with Crippen LogP contribution in [0, 0.1) is 11.3 Å². The molecule has 0 saturated carbocycles. The summed E-state index contributed by atoms with van der Waals surface area (Å²) < 4.78 is 12.7. The van der Waals surface area contributed by atoms with Gasteiger partial charge in [-0.1, -0.05) is 51.8 Å². The van der Waals surface area contributed by atoms with E-state index in [9.17, 15) is 10.1 Å². The Labute approximate surface area is 199 Å². The highest BCUT2D eigenvalue weighted by atomic mass is 79.9. The number of carbonyl (C=O) groups is 1. The van der Waals surface area contributed by atoms with Crippen molar-refractivity contribution >= 4 is 45.1 Å². The second-order valence-corrected chi connectivity index (χ2v) is 8.05. The Kier molecular flexibility index (Phi) is 7.93. The van der Waals surface area contributed by atoms with E-state index in [1.165, 1.54) is 12.1 Å². The van der Waals surface area contributed by atoms with Crippen molar-refractivity contribution in [1.29, 1.82) is 5.26 Å². The van der Waals surface area contributed by atoms with Gasteiger partial charge in [0, 0.05) is 4.47 Å². The average molecular weight is 513 g/mol. The highest BCUT2D eigenvalue weighted by Gasteiger charge is 2.14. The van der Waals surface area contributed by atoms with Crippen LogP contribution in [0.15, 0.2) is 65.1 Å². The Bertz CT molecular complexity index is 1180. The fourth-order valence-corrected chi connectivity index (χ4v) is 3.49. The van der Waals surface area contributed by atoms with Crippen LogP contribution in [0.1, 0.15) is 34.0 Å². The maximum absolute atomic E-state index is 11.0. The Morgan fingerprint density at radius 3 is 2.34 bits per heavy atom. The summed E-state index contributed by atoms with van der Waals surface area (Å²) in [6.45, 7) is 2.60. The number of carboxylic acid groups (broad SMARTS) is 1. The molecule has 0 aliphatic heterocycles. The Hall–Kier alpha value is -3.27. The first-order valence-electron chi connectivity index (χ1n) is 9.70. The summed E-state index contributed by atoms with van der Waals surface area (Å²) in [5.41, 5.74) is 2.76. The second-order valence-electron chi connectivity index (χ2n) is 6.73. The maximum atomic E-state index is 11.0. The third-order valence-corrected chi connectivity index (χ3v) is 5.31. The summed E-state index contributed by atoms with van der Waals surface area (Å²) >= 11 is 9.91. The van der Waals surface area contributed by atoms with E-state index in [0.29, 0.717) is 46.4 Å². The predicted octanol–water partition coefficient (Wildman–Crippen LogP) is 6.84. The number of nitrogens with zero attached hydrogens (tertiary/aromatic N) is 1. The molecule has 0 atom stereocenters. The van der Waals surface area contributed by atoms with E-state index in [-0.39, 0.29) is 5.56 Å². The molecule has 0 heterocycles. The minimum atomic E-state index is -1.02. The number of aromatic carboxylic acids is 1. The average Bonchev–Trinajstić information content (AvgIpc) is 2.78. The third-order valence-electron chi connectivity index (χ3n) is 4.50. The summed E-state index contributed by atoms with van der Waals surface area (Å²) in [7, 11) is 0. The molecule has 0 radical (unpaired) electrons. The van der Waals surface area contributed by atoms with Crippen molar-refractivity contribution in [2.45, 2.75) is 13.5 Å². The smallest absolute Gasteiger partial charge is 0.335 e. The van der Waals surface area contributed by atoms with E-state index in [2.05, 4.69) is 22.0 Å². The van der Waals surface area contributed by atoms with Gasteiger partial charge in [0.15, 0.2) is 11.5 Å². The summed E-state index contributed by atoms with van der Waals surface area (Å²) in [5, 5.41) is 19.0. The number of rotatable bonds is 8. The molecule has 5 nitrogen and oxygen atoms in total. The van der Waals surface area contributed by atoms with Crippen molar-refractivity contribution in [1.82, 2.24) is 0 Å². The highest BCUT2D eigenvalue weighted by Crippen LogP contribution is 2.38. The van der Waals surface area contributed by atoms with Gasteiger partial charge in [-0.3, -0.25) is 0 Å². The molecule has 0 aliphatic rings. The van der Waals surface area contributed by atoms with E-state index in [4.69, 9.17) is 26.2 Å². The summed E-state index contributed by atoms with van der Waals surface area (Å²) in [5.74, 6) is -0.120. The maximum Gasteiger partial charge on any atom is 0.335 e. The summed E-state index contributed by atoms with van der Waals surface area (Å²) in [6.07, 6.45) is 1.67. The van der Waals surface area contributed by atoms with Gasteiger partial charge in [0.25, 0.3) is 0 Å². The van der Waals surface area contributed by atoms with E-state index >= 15 is 0 Å². The molecule has 3 aromatic rings. The summed E-state index contributed by atoms with van der Waals surface area (Å²) in [4.78, 5) is 11.0. The zero-order valence-corrected chi connectivity index (χ0v) is 19.5. The number of benzene rings is 3. The fourth-order valence-electron chi connectivity index (χ4n) is 2.95. The molecule has 0 unspecified atom stereocenters. The van der Waals surface area contributed by atoms with Crippen molar-refractivity contribution < 1.29 is 19.4 Å². The van der Waals surface area contributed by atoms with Gasteiger partial charge in [-0.25, -0.2) is 4.79 Å². The van der Waals surface area contributed by atoms with Crippen LogP contribution in [0.25, 0.3) is 11.6 Å². The van der Waals surface area contributed by atoms with Crippen LogP contribution in [0.4, 0.5) is 0 Å². The SMILES string of the molecule is CCOc1cc(/C=C(/C#N)c2ccc(C(=O)O)cc2)cc(Cl)c1OCc1ccc(Br)cc1. The standard InChI is InChI=1S/C25H19BrClNO4/c1-2-31-23-13-17(11-20(14-28)18-5-7-19(8-6-18)25(29)30)12-22(27)24(23)32-15-16-3-9-21(26)10-4-16/h3-13H,2,15H2,1H3,(H,29,30)/b20-11-. The van der Waals surface area contributed by atoms with Crippen LogP contribution in [-0.4, -0.2) is 17.7 Å². The molecule has 0 aliphatic carbocycles. The van der Waals surface area contributed by atoms with Crippen LogP contribution in [0.3, 0.4) is 0 Å². The highest BCUT2D eigenvalue weighted by molar-refractivity contribution is 9.10. The van der Waals surface area contributed by atoms with Crippen molar-refractivity contribution in [2.24, 2.45) is 0 Å². The Balaban J connectivity index is 1.90. The molecule has 1 N–H and O–H groups in total. The van der Waals surface area contributed by atoms with Crippen molar-refractivity contribution in [3.63, 3.8) is 0 Å². The first kappa shape index (κ1) is 23.4. The zero-order valence-electron chi connectivity index (χ0n) is 17.1. The van der Waals surface area contributed by atoms with E-state index < -0.39 is 5.97 Å². The molecular weight excluding hydrogens is 494 g/mol. The van der Waals surface area contributed by atoms with Gasteiger partial charge in [0.2, 0.25) is 0 Å². The molecule has 0 bridgehead atoms. The van der Waals surface area contributed by atoms with Crippen molar-refractivity contribution in [3.8, 4) is 17.6 Å². The molecule has 0 saturated heterocycles. The molecule has 7 heteroatoms. The molecule has 0 fully saturated rings. The lowest BCUT2D eigenvalue weighted by Crippen LogP contribution is -2.01. The molecule has 3 rings (SSSR count). The molecular formula is C25H19BrClNO4. The minimum Gasteiger partial charge on any atom is -0.490 e. The van der Waals surface area contributed by atoms with E-state index in [0.717, 1.165) is 10.0 Å². The molecule has 3 aromatic carbocycles. The van der Waals surface area contributed by atoms with Gasteiger partial charge >= 0.3 is 5.97 Å². The third kappa shape index (κ3) is 5.91. The number of hydrogen-bond acceptors (Lipinski definition) is 4. The molecule has 0 spiro atoms. The second kappa shape index (κ2) is 10.9.